The molecule has 0 N–H and O–H groups in total. The van der Waals surface area contributed by atoms with Crippen molar-refractivity contribution in [2.75, 3.05) is 33.3 Å². The number of rotatable bonds is 5. The molecule has 1 saturated heterocycles. The van der Waals surface area contributed by atoms with E-state index in [1.54, 1.807) is 53.2 Å². The van der Waals surface area contributed by atoms with Gasteiger partial charge in [0, 0.05) is 45.6 Å². The SMILES string of the molecule is COC(=O)c1ccc(CN2CCN(C(=O)c3cn(C)cc4c(=O)n(-c5ccccc5)nc3-4)CC2)o1. The topological polar surface area (TPSA) is 103 Å². The molecular weight excluding hydrogens is 450 g/mol. The highest BCUT2D eigenvalue weighted by Crippen LogP contribution is 2.24. The summed E-state index contributed by atoms with van der Waals surface area (Å²) in [6.07, 6.45) is 3.42. The summed E-state index contributed by atoms with van der Waals surface area (Å²) in [4.78, 5) is 42.0. The number of hydrogen-bond donors (Lipinski definition) is 0. The van der Waals surface area contributed by atoms with E-state index in [9.17, 15) is 14.4 Å². The van der Waals surface area contributed by atoms with Gasteiger partial charge in [-0.05, 0) is 24.3 Å². The number of esters is 1. The van der Waals surface area contributed by atoms with Gasteiger partial charge in [-0.25, -0.2) is 4.79 Å². The molecule has 180 valence electrons. The summed E-state index contributed by atoms with van der Waals surface area (Å²) in [5.41, 5.74) is 1.59. The summed E-state index contributed by atoms with van der Waals surface area (Å²) in [6, 6.07) is 12.5. The van der Waals surface area contributed by atoms with Gasteiger partial charge in [0.05, 0.1) is 30.5 Å². The smallest absolute Gasteiger partial charge is 0.373 e. The van der Waals surface area contributed by atoms with E-state index in [1.807, 2.05) is 18.2 Å². The third kappa shape index (κ3) is 4.35. The summed E-state index contributed by atoms with van der Waals surface area (Å²) in [6.45, 7) is 2.87. The van der Waals surface area contributed by atoms with Gasteiger partial charge in [0.15, 0.2) is 0 Å². The Morgan fingerprint density at radius 1 is 1.03 bits per heavy atom. The second kappa shape index (κ2) is 9.22. The predicted molar refractivity (Wildman–Crippen MR) is 127 cm³/mol. The maximum atomic E-state index is 13.5. The lowest BCUT2D eigenvalue weighted by Gasteiger charge is -2.34. The first-order valence-corrected chi connectivity index (χ1v) is 11.3. The molecule has 0 radical (unpaired) electrons. The molecule has 3 aliphatic heterocycles. The van der Waals surface area contributed by atoms with Crippen molar-refractivity contribution in [3.63, 3.8) is 0 Å². The first-order chi connectivity index (χ1) is 16.9. The molecule has 5 rings (SSSR count). The van der Waals surface area contributed by atoms with Crippen LogP contribution in [0.15, 0.2) is 64.1 Å². The fourth-order valence-corrected chi connectivity index (χ4v) is 4.31. The number of amides is 1. The number of carbonyl (C=O) groups excluding carboxylic acids is 2. The molecule has 35 heavy (non-hydrogen) atoms. The standard InChI is InChI=1S/C25H25N5O5/c1-27-15-19(22-20(16-27)24(32)30(26-22)17-6-4-3-5-7-17)23(31)29-12-10-28(11-13-29)14-18-8-9-21(35-18)25(33)34-2/h3-9,15-16H,10-14H2,1-2H3. The Labute approximate surface area is 201 Å². The van der Waals surface area contributed by atoms with E-state index in [4.69, 9.17) is 4.42 Å². The molecule has 1 aromatic carbocycles. The van der Waals surface area contributed by atoms with Crippen LogP contribution < -0.4 is 5.56 Å². The molecule has 1 amide bonds. The number of fused-ring (bicyclic) bond motifs is 1. The second-order valence-electron chi connectivity index (χ2n) is 8.48. The number of aryl methyl sites for hydroxylation is 1. The van der Waals surface area contributed by atoms with Crippen LogP contribution in [-0.4, -0.2) is 69.3 Å². The molecule has 4 heterocycles. The lowest BCUT2D eigenvalue weighted by Crippen LogP contribution is -2.48. The third-order valence-corrected chi connectivity index (χ3v) is 6.12. The van der Waals surface area contributed by atoms with E-state index >= 15 is 0 Å². The van der Waals surface area contributed by atoms with E-state index in [0.29, 0.717) is 61.0 Å². The van der Waals surface area contributed by atoms with Crippen molar-refractivity contribution in [3.8, 4) is 16.9 Å². The van der Waals surface area contributed by atoms with Crippen LogP contribution in [0.3, 0.4) is 0 Å². The lowest BCUT2D eigenvalue weighted by molar-refractivity contribution is 0.0549. The highest BCUT2D eigenvalue weighted by atomic mass is 16.5. The molecule has 0 spiro atoms. The van der Waals surface area contributed by atoms with Crippen molar-refractivity contribution in [1.82, 2.24) is 24.1 Å². The molecule has 0 atom stereocenters. The van der Waals surface area contributed by atoms with Crippen LogP contribution in [0, 0.1) is 0 Å². The van der Waals surface area contributed by atoms with Gasteiger partial charge in [-0.2, -0.15) is 9.78 Å². The Morgan fingerprint density at radius 3 is 2.49 bits per heavy atom. The van der Waals surface area contributed by atoms with Crippen molar-refractivity contribution in [2.45, 2.75) is 6.54 Å². The van der Waals surface area contributed by atoms with Gasteiger partial charge in [0.1, 0.15) is 11.5 Å². The summed E-state index contributed by atoms with van der Waals surface area (Å²) in [5.74, 6) is 0.167. The molecule has 2 aromatic rings. The van der Waals surface area contributed by atoms with Crippen molar-refractivity contribution < 1.29 is 18.7 Å². The van der Waals surface area contributed by atoms with Crippen LogP contribution in [0.25, 0.3) is 16.9 Å². The summed E-state index contributed by atoms with van der Waals surface area (Å²) >= 11 is 0. The molecule has 3 aliphatic rings. The number of para-hydroxylation sites is 1. The van der Waals surface area contributed by atoms with Crippen molar-refractivity contribution in [1.29, 1.82) is 0 Å². The van der Waals surface area contributed by atoms with Gasteiger partial charge < -0.3 is 18.6 Å². The molecule has 1 fully saturated rings. The Balaban J connectivity index is 1.32. The van der Waals surface area contributed by atoms with Gasteiger partial charge in [-0.1, -0.05) is 18.2 Å². The predicted octanol–water partition coefficient (Wildman–Crippen LogP) is 2.01. The average Bonchev–Trinajstić information content (AvgIpc) is 3.48. The Kier molecular flexibility index (Phi) is 5.96. The largest absolute Gasteiger partial charge is 0.463 e. The molecule has 10 nitrogen and oxygen atoms in total. The number of carbonyl (C=O) groups is 2. The second-order valence-corrected chi connectivity index (χ2v) is 8.48. The van der Waals surface area contributed by atoms with Crippen molar-refractivity contribution >= 4 is 11.9 Å². The normalized spacial score (nSPS) is 14.4. The number of hydrogen-bond acceptors (Lipinski definition) is 7. The number of benzene rings is 1. The Bertz CT molecular complexity index is 1400. The zero-order chi connectivity index (χ0) is 24.5. The van der Waals surface area contributed by atoms with Crippen LogP contribution in [-0.2, 0) is 18.3 Å². The van der Waals surface area contributed by atoms with Crippen LogP contribution in [0.4, 0.5) is 0 Å². The van der Waals surface area contributed by atoms with E-state index in [1.165, 1.54) is 11.8 Å². The molecule has 0 saturated carbocycles. The molecule has 0 unspecified atom stereocenters. The number of pyridine rings is 1. The fraction of sp³-hybridized carbons (Fsp3) is 0.280. The quantitative estimate of drug-likeness (QED) is 0.407. The minimum atomic E-state index is -0.509. The zero-order valence-corrected chi connectivity index (χ0v) is 19.5. The van der Waals surface area contributed by atoms with Crippen LogP contribution in [0.1, 0.15) is 26.7 Å². The number of methoxy groups -OCH3 is 1. The number of nitrogens with zero attached hydrogens (tertiary/aromatic N) is 5. The van der Waals surface area contributed by atoms with Gasteiger partial charge in [0.2, 0.25) is 5.76 Å². The van der Waals surface area contributed by atoms with Crippen LogP contribution in [0.2, 0.25) is 0 Å². The van der Waals surface area contributed by atoms with Crippen LogP contribution >= 0.6 is 0 Å². The summed E-state index contributed by atoms with van der Waals surface area (Å²) in [7, 11) is 3.10. The Morgan fingerprint density at radius 2 is 1.77 bits per heavy atom. The third-order valence-electron chi connectivity index (χ3n) is 6.12. The van der Waals surface area contributed by atoms with Gasteiger partial charge in [-0.15, -0.1) is 0 Å². The van der Waals surface area contributed by atoms with E-state index in [2.05, 4.69) is 14.7 Å². The number of piperazine rings is 1. The number of ether oxygens (including phenoxy) is 1. The highest BCUT2D eigenvalue weighted by Gasteiger charge is 2.29. The average molecular weight is 476 g/mol. The number of furan rings is 1. The highest BCUT2D eigenvalue weighted by molar-refractivity contribution is 6.00. The summed E-state index contributed by atoms with van der Waals surface area (Å²) < 4.78 is 13.3. The minimum Gasteiger partial charge on any atom is -0.463 e. The molecular formula is C25H25N5O5. The van der Waals surface area contributed by atoms with Gasteiger partial charge in [-0.3, -0.25) is 14.5 Å². The molecule has 10 heteroatoms. The lowest BCUT2D eigenvalue weighted by atomic mass is 10.1. The molecule has 0 bridgehead atoms. The first kappa shape index (κ1) is 22.6. The van der Waals surface area contributed by atoms with Crippen molar-refractivity contribution in [2.24, 2.45) is 7.05 Å². The van der Waals surface area contributed by atoms with Crippen LogP contribution in [0.5, 0.6) is 0 Å². The molecule has 1 aromatic heterocycles. The van der Waals surface area contributed by atoms with Gasteiger partial charge >= 0.3 is 5.97 Å². The summed E-state index contributed by atoms with van der Waals surface area (Å²) in [5, 5.41) is 4.52. The van der Waals surface area contributed by atoms with E-state index in [-0.39, 0.29) is 17.2 Å². The van der Waals surface area contributed by atoms with E-state index < -0.39 is 5.97 Å². The zero-order valence-electron chi connectivity index (χ0n) is 19.5. The van der Waals surface area contributed by atoms with Crippen molar-refractivity contribution in [3.05, 3.63) is 82.3 Å². The fourth-order valence-electron chi connectivity index (χ4n) is 4.31. The van der Waals surface area contributed by atoms with Gasteiger partial charge in [0.25, 0.3) is 11.5 Å². The first-order valence-electron chi connectivity index (χ1n) is 11.3. The maximum Gasteiger partial charge on any atom is 0.373 e. The maximum absolute atomic E-state index is 13.5. The monoisotopic (exact) mass is 475 g/mol. The van der Waals surface area contributed by atoms with E-state index in [0.717, 1.165) is 0 Å². The minimum absolute atomic E-state index is 0.158. The number of aromatic nitrogens is 3. The molecule has 0 aliphatic carbocycles. The Hall–Kier alpha value is -4.18.